The van der Waals surface area contributed by atoms with Gasteiger partial charge >= 0.3 is 0 Å². The molecule has 96 valence electrons. The van der Waals surface area contributed by atoms with Crippen LogP contribution in [-0.2, 0) is 6.54 Å². The zero-order chi connectivity index (χ0) is 13.1. The summed E-state index contributed by atoms with van der Waals surface area (Å²) in [7, 11) is 4.04. The number of hydrogen-bond donors (Lipinski definition) is 1. The molecule has 0 spiro atoms. The van der Waals surface area contributed by atoms with E-state index in [1.165, 1.54) is 4.88 Å². The van der Waals surface area contributed by atoms with Gasteiger partial charge in [-0.05, 0) is 25.1 Å². The maximum atomic E-state index is 6.05. The van der Waals surface area contributed by atoms with Gasteiger partial charge in [0.05, 0.1) is 29.1 Å². The average molecular weight is 282 g/mol. The first-order chi connectivity index (χ1) is 8.58. The molecule has 0 radical (unpaired) electrons. The lowest BCUT2D eigenvalue weighted by atomic mass is 10.2. The van der Waals surface area contributed by atoms with Crippen LogP contribution in [0, 0.1) is 6.92 Å². The van der Waals surface area contributed by atoms with Crippen molar-refractivity contribution in [3.8, 4) is 0 Å². The number of aromatic nitrogens is 1. The fraction of sp³-hybridized carbons (Fsp3) is 0.308. The summed E-state index contributed by atoms with van der Waals surface area (Å²) in [6.45, 7) is 2.80. The summed E-state index contributed by atoms with van der Waals surface area (Å²) in [5, 5.41) is 4.16. The minimum Gasteiger partial charge on any atom is -0.378 e. The zero-order valence-electron chi connectivity index (χ0n) is 10.7. The molecule has 0 unspecified atom stereocenters. The molecule has 2 aromatic rings. The van der Waals surface area contributed by atoms with Crippen molar-refractivity contribution >= 4 is 34.3 Å². The quantitative estimate of drug-likeness (QED) is 0.924. The molecule has 18 heavy (non-hydrogen) atoms. The summed E-state index contributed by atoms with van der Waals surface area (Å²) in [6.07, 6.45) is 0. The molecule has 1 N–H and O–H groups in total. The van der Waals surface area contributed by atoms with Crippen molar-refractivity contribution in [2.24, 2.45) is 0 Å². The zero-order valence-corrected chi connectivity index (χ0v) is 12.3. The van der Waals surface area contributed by atoms with Gasteiger partial charge in [-0.2, -0.15) is 0 Å². The molecular weight excluding hydrogens is 266 g/mol. The summed E-state index contributed by atoms with van der Waals surface area (Å²) in [4.78, 5) is 7.56. The van der Waals surface area contributed by atoms with E-state index in [0.29, 0.717) is 0 Å². The van der Waals surface area contributed by atoms with Crippen molar-refractivity contribution in [1.82, 2.24) is 4.98 Å². The molecule has 2 rings (SSSR count). The van der Waals surface area contributed by atoms with Gasteiger partial charge in [-0.3, -0.25) is 0 Å². The maximum Gasteiger partial charge on any atom is 0.0798 e. The van der Waals surface area contributed by atoms with E-state index in [1.807, 2.05) is 44.7 Å². The molecule has 1 aromatic heterocycles. The number of benzene rings is 1. The third-order valence-electron chi connectivity index (χ3n) is 2.72. The fourth-order valence-corrected chi connectivity index (χ4v) is 2.60. The van der Waals surface area contributed by atoms with Crippen LogP contribution in [0.3, 0.4) is 0 Å². The van der Waals surface area contributed by atoms with Crippen LogP contribution in [0.5, 0.6) is 0 Å². The Morgan fingerprint density at radius 1 is 1.39 bits per heavy atom. The standard InChI is InChI=1S/C13H16ClN3S/c1-9-13(18-8-16-9)7-15-11-6-10(14)4-5-12(11)17(2)3/h4-6,8,15H,7H2,1-3H3. The van der Waals surface area contributed by atoms with Crippen LogP contribution in [0.4, 0.5) is 11.4 Å². The highest BCUT2D eigenvalue weighted by Gasteiger charge is 2.07. The number of nitrogens with zero attached hydrogens (tertiary/aromatic N) is 2. The Bertz CT molecular complexity index is 537. The highest BCUT2D eigenvalue weighted by Crippen LogP contribution is 2.28. The Labute approximate surface area is 116 Å². The number of anilines is 2. The third-order valence-corrected chi connectivity index (χ3v) is 3.89. The maximum absolute atomic E-state index is 6.05. The molecule has 0 bridgehead atoms. The smallest absolute Gasteiger partial charge is 0.0798 e. The van der Waals surface area contributed by atoms with Gasteiger partial charge in [-0.15, -0.1) is 11.3 Å². The number of aryl methyl sites for hydroxylation is 1. The fourth-order valence-electron chi connectivity index (χ4n) is 1.71. The van der Waals surface area contributed by atoms with Gasteiger partial charge < -0.3 is 10.2 Å². The third kappa shape index (κ3) is 2.94. The number of nitrogens with one attached hydrogen (secondary N) is 1. The number of thiazole rings is 1. The molecule has 0 amide bonds. The van der Waals surface area contributed by atoms with Gasteiger partial charge in [0.25, 0.3) is 0 Å². The molecule has 0 atom stereocenters. The molecule has 0 saturated heterocycles. The van der Waals surface area contributed by atoms with Crippen molar-refractivity contribution in [3.05, 3.63) is 39.3 Å². The van der Waals surface area contributed by atoms with Gasteiger partial charge in [0.2, 0.25) is 0 Å². The predicted octanol–water partition coefficient (Wildman–Crippen LogP) is 3.78. The SMILES string of the molecule is Cc1ncsc1CNc1cc(Cl)ccc1N(C)C. The predicted molar refractivity (Wildman–Crippen MR) is 80.0 cm³/mol. The molecule has 0 aliphatic rings. The summed E-state index contributed by atoms with van der Waals surface area (Å²) in [6, 6.07) is 5.87. The van der Waals surface area contributed by atoms with E-state index in [4.69, 9.17) is 11.6 Å². The molecule has 0 aliphatic carbocycles. The topological polar surface area (TPSA) is 28.2 Å². The van der Waals surface area contributed by atoms with Crippen molar-refractivity contribution < 1.29 is 0 Å². The van der Waals surface area contributed by atoms with Gasteiger partial charge in [0, 0.05) is 24.0 Å². The van der Waals surface area contributed by atoms with E-state index < -0.39 is 0 Å². The summed E-state index contributed by atoms with van der Waals surface area (Å²) < 4.78 is 0. The van der Waals surface area contributed by atoms with Gasteiger partial charge in [0.1, 0.15) is 0 Å². The average Bonchev–Trinajstić information content (AvgIpc) is 2.72. The lowest BCUT2D eigenvalue weighted by Crippen LogP contribution is -2.12. The van der Waals surface area contributed by atoms with Crippen molar-refractivity contribution in [1.29, 1.82) is 0 Å². The van der Waals surface area contributed by atoms with Crippen LogP contribution in [0.2, 0.25) is 5.02 Å². The Kier molecular flexibility index (Phi) is 4.09. The van der Waals surface area contributed by atoms with E-state index in [0.717, 1.165) is 28.6 Å². The van der Waals surface area contributed by atoms with Crippen molar-refractivity contribution in [2.75, 3.05) is 24.3 Å². The van der Waals surface area contributed by atoms with E-state index in [-0.39, 0.29) is 0 Å². The molecule has 0 fully saturated rings. The van der Waals surface area contributed by atoms with E-state index in [9.17, 15) is 0 Å². The van der Waals surface area contributed by atoms with Crippen LogP contribution >= 0.6 is 22.9 Å². The normalized spacial score (nSPS) is 10.4. The number of rotatable bonds is 4. The van der Waals surface area contributed by atoms with Crippen LogP contribution in [0.15, 0.2) is 23.7 Å². The molecule has 1 aromatic carbocycles. The van der Waals surface area contributed by atoms with Crippen LogP contribution < -0.4 is 10.2 Å². The highest BCUT2D eigenvalue weighted by molar-refractivity contribution is 7.09. The largest absolute Gasteiger partial charge is 0.378 e. The molecule has 1 heterocycles. The van der Waals surface area contributed by atoms with Crippen LogP contribution in [0.25, 0.3) is 0 Å². The van der Waals surface area contributed by atoms with Crippen molar-refractivity contribution in [2.45, 2.75) is 13.5 Å². The van der Waals surface area contributed by atoms with Gasteiger partial charge in [-0.1, -0.05) is 11.6 Å². The van der Waals surface area contributed by atoms with E-state index in [1.54, 1.807) is 11.3 Å². The lowest BCUT2D eigenvalue weighted by molar-refractivity contribution is 1.09. The molecule has 3 nitrogen and oxygen atoms in total. The Balaban J connectivity index is 2.18. The second-order valence-electron chi connectivity index (χ2n) is 4.27. The lowest BCUT2D eigenvalue weighted by Gasteiger charge is -2.18. The first kappa shape index (κ1) is 13.2. The minimum absolute atomic E-state index is 0.740. The van der Waals surface area contributed by atoms with E-state index in [2.05, 4.69) is 15.2 Å². The second kappa shape index (κ2) is 5.59. The number of hydrogen-bond acceptors (Lipinski definition) is 4. The summed E-state index contributed by atoms with van der Waals surface area (Å²) in [5.74, 6) is 0. The highest BCUT2D eigenvalue weighted by atomic mass is 35.5. The van der Waals surface area contributed by atoms with Crippen molar-refractivity contribution in [3.63, 3.8) is 0 Å². The summed E-state index contributed by atoms with van der Waals surface area (Å²) >= 11 is 7.71. The summed E-state index contributed by atoms with van der Waals surface area (Å²) in [5.41, 5.74) is 5.12. The first-order valence-corrected chi connectivity index (χ1v) is 6.93. The molecule has 0 aliphatic heterocycles. The number of halogens is 1. The van der Waals surface area contributed by atoms with Crippen LogP contribution in [-0.4, -0.2) is 19.1 Å². The van der Waals surface area contributed by atoms with Gasteiger partial charge in [0.15, 0.2) is 0 Å². The Morgan fingerprint density at radius 3 is 2.78 bits per heavy atom. The first-order valence-electron chi connectivity index (χ1n) is 5.67. The minimum atomic E-state index is 0.740. The molecular formula is C13H16ClN3S. The van der Waals surface area contributed by atoms with E-state index >= 15 is 0 Å². The molecule has 5 heteroatoms. The molecule has 0 saturated carbocycles. The van der Waals surface area contributed by atoms with Crippen LogP contribution in [0.1, 0.15) is 10.6 Å². The monoisotopic (exact) mass is 281 g/mol. The second-order valence-corrected chi connectivity index (χ2v) is 5.65. The van der Waals surface area contributed by atoms with Gasteiger partial charge in [-0.25, -0.2) is 4.98 Å². The Morgan fingerprint density at radius 2 is 2.17 bits per heavy atom. The Hall–Kier alpha value is -1.26.